The Kier molecular flexibility index (Phi) is 4.75. The number of carbonyl (C=O) groups excluding carboxylic acids is 2. The van der Waals surface area contributed by atoms with Crippen molar-refractivity contribution in [2.24, 2.45) is 0 Å². The van der Waals surface area contributed by atoms with Gasteiger partial charge in [-0.05, 0) is 42.0 Å². The minimum absolute atomic E-state index is 0.130. The third kappa shape index (κ3) is 3.85. The summed E-state index contributed by atoms with van der Waals surface area (Å²) in [5, 5.41) is 0. The zero-order valence-corrected chi connectivity index (χ0v) is 14.7. The van der Waals surface area contributed by atoms with E-state index in [1.807, 2.05) is 35.0 Å². The molecule has 0 spiro atoms. The Labute approximate surface area is 160 Å². The van der Waals surface area contributed by atoms with Gasteiger partial charge in [-0.2, -0.15) is 0 Å². The van der Waals surface area contributed by atoms with Crippen LogP contribution in [-0.2, 0) is 4.79 Å². The third-order valence-corrected chi connectivity index (χ3v) is 4.06. The first-order valence-electron chi connectivity index (χ1n) is 8.45. The first kappa shape index (κ1) is 17.3. The van der Waals surface area contributed by atoms with Gasteiger partial charge in [0.1, 0.15) is 0 Å². The van der Waals surface area contributed by atoms with Crippen LogP contribution in [0.5, 0.6) is 11.5 Å². The van der Waals surface area contributed by atoms with E-state index < -0.39 is 11.8 Å². The number of benzene rings is 2. The van der Waals surface area contributed by atoms with E-state index >= 15 is 0 Å². The Morgan fingerprint density at radius 3 is 2.64 bits per heavy atom. The summed E-state index contributed by atoms with van der Waals surface area (Å²) in [7, 11) is 0. The molecule has 28 heavy (non-hydrogen) atoms. The molecule has 0 fully saturated rings. The molecule has 2 N–H and O–H groups in total. The number of nitrogens with one attached hydrogen (secondary N) is 2. The predicted octanol–water partition coefficient (Wildman–Crippen LogP) is 2.08. The van der Waals surface area contributed by atoms with Crippen molar-refractivity contribution in [2.75, 3.05) is 6.79 Å². The van der Waals surface area contributed by atoms with Crippen molar-refractivity contribution in [3.8, 4) is 17.2 Å². The Morgan fingerprint density at radius 1 is 1.04 bits per heavy atom. The number of ether oxygens (including phenoxy) is 2. The summed E-state index contributed by atoms with van der Waals surface area (Å²) in [6, 6.07) is 12.4. The van der Waals surface area contributed by atoms with Crippen molar-refractivity contribution in [1.82, 2.24) is 20.4 Å². The van der Waals surface area contributed by atoms with Crippen molar-refractivity contribution >= 4 is 17.9 Å². The van der Waals surface area contributed by atoms with E-state index in [-0.39, 0.29) is 6.79 Å². The molecule has 0 saturated heterocycles. The van der Waals surface area contributed by atoms with Gasteiger partial charge in [0, 0.05) is 29.7 Å². The molecule has 2 aromatic carbocycles. The van der Waals surface area contributed by atoms with Crippen LogP contribution in [0.25, 0.3) is 11.8 Å². The van der Waals surface area contributed by atoms with Gasteiger partial charge < -0.3 is 14.0 Å². The van der Waals surface area contributed by atoms with E-state index in [9.17, 15) is 9.59 Å². The lowest BCUT2D eigenvalue weighted by atomic mass is 10.2. The number of hydrogen-bond acceptors (Lipinski definition) is 5. The predicted molar refractivity (Wildman–Crippen MR) is 101 cm³/mol. The summed E-state index contributed by atoms with van der Waals surface area (Å²) in [6.07, 6.45) is 8.25. The lowest BCUT2D eigenvalue weighted by Crippen LogP contribution is -2.40. The number of rotatable bonds is 4. The van der Waals surface area contributed by atoms with E-state index in [1.54, 1.807) is 36.8 Å². The molecule has 0 radical (unpaired) electrons. The van der Waals surface area contributed by atoms with Gasteiger partial charge >= 0.3 is 0 Å². The van der Waals surface area contributed by atoms with Crippen LogP contribution in [0.4, 0.5) is 0 Å². The average Bonchev–Trinajstić information content (AvgIpc) is 3.42. The summed E-state index contributed by atoms with van der Waals surface area (Å²) >= 11 is 0. The molecular weight excluding hydrogens is 360 g/mol. The molecule has 3 aromatic rings. The normalized spacial score (nSPS) is 12.1. The molecule has 8 nitrogen and oxygen atoms in total. The Hall–Kier alpha value is -4.07. The molecule has 8 heteroatoms. The van der Waals surface area contributed by atoms with Gasteiger partial charge in [-0.15, -0.1) is 0 Å². The van der Waals surface area contributed by atoms with Crippen molar-refractivity contribution in [2.45, 2.75) is 0 Å². The van der Waals surface area contributed by atoms with Crippen LogP contribution in [0.2, 0.25) is 0 Å². The van der Waals surface area contributed by atoms with Crippen LogP contribution in [-0.4, -0.2) is 28.2 Å². The largest absolute Gasteiger partial charge is 0.454 e. The van der Waals surface area contributed by atoms with Gasteiger partial charge in [-0.3, -0.25) is 20.4 Å². The number of fused-ring (bicyclic) bond motifs is 1. The fourth-order valence-electron chi connectivity index (χ4n) is 2.61. The maximum atomic E-state index is 12.1. The van der Waals surface area contributed by atoms with Crippen molar-refractivity contribution in [3.63, 3.8) is 0 Å². The second-order valence-electron chi connectivity index (χ2n) is 5.91. The van der Waals surface area contributed by atoms with Crippen molar-refractivity contribution < 1.29 is 19.1 Å². The standard InChI is InChI=1S/C20H16N4O4/c25-19(8-3-14-1-5-16(6-2-14)24-10-9-21-12-24)22-23-20(26)15-4-7-17-18(11-15)28-13-27-17/h1-12H,13H2,(H,22,25)(H,23,26)/b8-3+. The van der Waals surface area contributed by atoms with Gasteiger partial charge in [0.25, 0.3) is 11.8 Å². The molecule has 1 aliphatic heterocycles. The second kappa shape index (κ2) is 7.67. The number of nitrogens with zero attached hydrogens (tertiary/aromatic N) is 2. The van der Waals surface area contributed by atoms with Gasteiger partial charge in [0.2, 0.25) is 6.79 Å². The van der Waals surface area contributed by atoms with Crippen LogP contribution in [0.15, 0.2) is 67.3 Å². The number of hydrazine groups is 1. The number of amides is 2. The monoisotopic (exact) mass is 376 g/mol. The molecular formula is C20H16N4O4. The Balaban J connectivity index is 1.31. The van der Waals surface area contributed by atoms with Gasteiger partial charge in [-0.1, -0.05) is 12.1 Å². The van der Waals surface area contributed by atoms with Crippen LogP contribution in [0.3, 0.4) is 0 Å². The molecule has 1 aliphatic rings. The number of aromatic nitrogens is 2. The number of imidazole rings is 1. The van der Waals surface area contributed by atoms with E-state index in [0.717, 1.165) is 11.3 Å². The zero-order chi connectivity index (χ0) is 19.3. The molecule has 0 atom stereocenters. The summed E-state index contributed by atoms with van der Waals surface area (Å²) in [4.78, 5) is 28.0. The highest BCUT2D eigenvalue weighted by Gasteiger charge is 2.16. The smallest absolute Gasteiger partial charge is 0.269 e. The molecule has 2 amide bonds. The lowest BCUT2D eigenvalue weighted by Gasteiger charge is -2.06. The topological polar surface area (TPSA) is 94.5 Å². The fourth-order valence-corrected chi connectivity index (χ4v) is 2.61. The molecule has 140 valence electrons. The molecule has 0 bridgehead atoms. The van der Waals surface area contributed by atoms with E-state index in [1.165, 1.54) is 6.08 Å². The number of carbonyl (C=O) groups is 2. The summed E-state index contributed by atoms with van der Waals surface area (Å²) in [5.41, 5.74) is 6.87. The van der Waals surface area contributed by atoms with Crippen LogP contribution >= 0.6 is 0 Å². The maximum Gasteiger partial charge on any atom is 0.269 e. The van der Waals surface area contributed by atoms with Crippen molar-refractivity contribution in [3.05, 3.63) is 78.4 Å². The number of hydrogen-bond donors (Lipinski definition) is 2. The Morgan fingerprint density at radius 2 is 1.86 bits per heavy atom. The minimum Gasteiger partial charge on any atom is -0.454 e. The zero-order valence-electron chi connectivity index (χ0n) is 14.7. The molecule has 2 heterocycles. The SMILES string of the molecule is O=C(/C=C/c1ccc(-n2ccnc2)cc1)NNC(=O)c1ccc2c(c1)OCO2. The third-order valence-electron chi connectivity index (χ3n) is 4.06. The van der Waals surface area contributed by atoms with Crippen LogP contribution < -0.4 is 20.3 Å². The molecule has 0 aliphatic carbocycles. The minimum atomic E-state index is -0.454. The first-order valence-corrected chi connectivity index (χ1v) is 8.45. The highest BCUT2D eigenvalue weighted by molar-refractivity contribution is 5.98. The molecule has 0 saturated carbocycles. The fraction of sp³-hybridized carbons (Fsp3) is 0.0500. The quantitative estimate of drug-likeness (QED) is 0.537. The maximum absolute atomic E-state index is 12.1. The highest BCUT2D eigenvalue weighted by atomic mass is 16.7. The van der Waals surface area contributed by atoms with E-state index in [2.05, 4.69) is 15.8 Å². The Bertz CT molecular complexity index is 1030. The highest BCUT2D eigenvalue weighted by Crippen LogP contribution is 2.32. The second-order valence-corrected chi connectivity index (χ2v) is 5.91. The average molecular weight is 376 g/mol. The van der Waals surface area contributed by atoms with Gasteiger partial charge in [0.15, 0.2) is 11.5 Å². The lowest BCUT2D eigenvalue weighted by molar-refractivity contribution is -0.117. The van der Waals surface area contributed by atoms with Gasteiger partial charge in [0.05, 0.1) is 6.33 Å². The van der Waals surface area contributed by atoms with Gasteiger partial charge in [-0.25, -0.2) is 4.98 Å². The summed E-state index contributed by atoms with van der Waals surface area (Å²) < 4.78 is 12.3. The van der Waals surface area contributed by atoms with E-state index in [0.29, 0.717) is 17.1 Å². The molecule has 4 rings (SSSR count). The summed E-state index contributed by atoms with van der Waals surface area (Å²) in [5.74, 6) is 0.179. The first-order chi connectivity index (χ1) is 13.7. The molecule has 0 unspecified atom stereocenters. The van der Waals surface area contributed by atoms with Crippen LogP contribution in [0.1, 0.15) is 15.9 Å². The molecule has 1 aromatic heterocycles. The van der Waals surface area contributed by atoms with E-state index in [4.69, 9.17) is 9.47 Å². The van der Waals surface area contributed by atoms with Crippen LogP contribution in [0, 0.1) is 0 Å². The van der Waals surface area contributed by atoms with Crippen molar-refractivity contribution in [1.29, 1.82) is 0 Å². The summed E-state index contributed by atoms with van der Waals surface area (Å²) in [6.45, 7) is 0.130.